The first-order valence-electron chi connectivity index (χ1n) is 11.6. The van der Waals surface area contributed by atoms with E-state index in [1.165, 1.54) is 51.0 Å². The summed E-state index contributed by atoms with van der Waals surface area (Å²) in [5.41, 5.74) is -0.652. The normalized spacial score (nSPS) is 33.1. The molecule has 162 valence electrons. The molecule has 0 saturated heterocycles. The maximum absolute atomic E-state index is 13.8. The van der Waals surface area contributed by atoms with Gasteiger partial charge in [0.1, 0.15) is 29.0 Å². The lowest BCUT2D eigenvalue weighted by molar-refractivity contribution is -0.142. The van der Waals surface area contributed by atoms with Gasteiger partial charge in [-0.3, -0.25) is 4.79 Å². The molecule has 0 bridgehead atoms. The number of nitrogens with zero attached hydrogens (tertiary/aromatic N) is 1. The van der Waals surface area contributed by atoms with Gasteiger partial charge < -0.3 is 4.74 Å². The minimum atomic E-state index is -0.999. The summed E-state index contributed by atoms with van der Waals surface area (Å²) in [6, 6.07) is 3.32. The van der Waals surface area contributed by atoms with Crippen molar-refractivity contribution in [1.82, 2.24) is 0 Å². The molecule has 0 aromatic heterocycles. The van der Waals surface area contributed by atoms with Crippen LogP contribution in [0.5, 0.6) is 5.75 Å². The van der Waals surface area contributed by atoms with Crippen LogP contribution in [0.1, 0.15) is 76.7 Å². The fourth-order valence-corrected chi connectivity index (χ4v) is 6.69. The number of benzene rings is 1. The van der Waals surface area contributed by atoms with Crippen molar-refractivity contribution in [3.63, 3.8) is 0 Å². The molecule has 6 unspecified atom stereocenters. The highest BCUT2D eigenvalue weighted by atomic mass is 19.1. The van der Waals surface area contributed by atoms with Crippen LogP contribution < -0.4 is 4.74 Å². The minimum absolute atomic E-state index is 0.158. The molecule has 3 aliphatic rings. The zero-order valence-corrected chi connectivity index (χ0v) is 17.7. The fourth-order valence-electron chi connectivity index (χ4n) is 6.69. The van der Waals surface area contributed by atoms with Crippen molar-refractivity contribution in [2.45, 2.75) is 71.1 Å². The van der Waals surface area contributed by atoms with Crippen molar-refractivity contribution in [2.24, 2.45) is 35.5 Å². The molecule has 1 aromatic carbocycles. The number of carbonyl (C=O) groups is 1. The lowest BCUT2D eigenvalue weighted by Gasteiger charge is -2.50. The molecule has 0 N–H and O–H groups in total. The molecule has 0 heterocycles. The van der Waals surface area contributed by atoms with Crippen molar-refractivity contribution in [3.8, 4) is 11.8 Å². The summed E-state index contributed by atoms with van der Waals surface area (Å²) >= 11 is 0. The van der Waals surface area contributed by atoms with Crippen molar-refractivity contribution in [1.29, 1.82) is 5.26 Å². The van der Waals surface area contributed by atoms with Crippen LogP contribution in [0, 0.1) is 58.5 Å². The van der Waals surface area contributed by atoms with E-state index < -0.39 is 23.2 Å². The summed E-state index contributed by atoms with van der Waals surface area (Å²) in [4.78, 5) is 12.7. The molecule has 5 heteroatoms. The van der Waals surface area contributed by atoms with Gasteiger partial charge in [0.2, 0.25) is 0 Å². The summed E-state index contributed by atoms with van der Waals surface area (Å²) in [7, 11) is 0. The Hall–Kier alpha value is -1.96. The third kappa shape index (κ3) is 4.24. The SMILES string of the molecule is CCCC1CCC2C(CCC3CC(C(=O)Oc4cc(F)c(C#N)c(F)c4)CCC32)C1. The average Bonchev–Trinajstić information content (AvgIpc) is 2.73. The highest BCUT2D eigenvalue weighted by Crippen LogP contribution is 2.53. The van der Waals surface area contributed by atoms with Crippen LogP contribution >= 0.6 is 0 Å². The molecule has 3 nitrogen and oxygen atoms in total. The first-order chi connectivity index (χ1) is 14.5. The van der Waals surface area contributed by atoms with Crippen LogP contribution in [-0.2, 0) is 4.79 Å². The van der Waals surface area contributed by atoms with Gasteiger partial charge in [0.15, 0.2) is 0 Å². The molecular weight excluding hydrogens is 384 g/mol. The average molecular weight is 416 g/mol. The van der Waals surface area contributed by atoms with E-state index in [-0.39, 0.29) is 11.7 Å². The largest absolute Gasteiger partial charge is 0.426 e. The predicted molar refractivity (Wildman–Crippen MR) is 109 cm³/mol. The number of rotatable bonds is 4. The molecule has 30 heavy (non-hydrogen) atoms. The van der Waals surface area contributed by atoms with Gasteiger partial charge in [0.25, 0.3) is 0 Å². The molecule has 1 aromatic rings. The van der Waals surface area contributed by atoms with Crippen molar-refractivity contribution < 1.29 is 18.3 Å². The topological polar surface area (TPSA) is 50.1 Å². The first-order valence-corrected chi connectivity index (χ1v) is 11.6. The highest BCUT2D eigenvalue weighted by Gasteiger charge is 2.45. The number of nitriles is 1. The summed E-state index contributed by atoms with van der Waals surface area (Å²) in [5.74, 6) is 1.12. The van der Waals surface area contributed by atoms with Gasteiger partial charge in [-0.2, -0.15) is 5.26 Å². The van der Waals surface area contributed by atoms with Crippen molar-refractivity contribution in [2.75, 3.05) is 0 Å². The Morgan fingerprint density at radius 2 is 1.67 bits per heavy atom. The number of fused-ring (bicyclic) bond motifs is 3. The third-order valence-corrected chi connectivity index (χ3v) is 8.03. The maximum atomic E-state index is 13.8. The molecule has 3 aliphatic carbocycles. The Morgan fingerprint density at radius 3 is 2.30 bits per heavy atom. The number of esters is 1. The molecule has 0 spiro atoms. The quantitative estimate of drug-likeness (QED) is 0.422. The van der Waals surface area contributed by atoms with Crippen LogP contribution in [0.3, 0.4) is 0 Å². The van der Waals surface area contributed by atoms with E-state index in [0.29, 0.717) is 5.92 Å². The van der Waals surface area contributed by atoms with Crippen LogP contribution in [0.4, 0.5) is 8.78 Å². The smallest absolute Gasteiger partial charge is 0.314 e. The molecule has 0 radical (unpaired) electrons. The van der Waals surface area contributed by atoms with Crippen molar-refractivity contribution >= 4 is 5.97 Å². The van der Waals surface area contributed by atoms with E-state index in [9.17, 15) is 13.6 Å². The standard InChI is InChI=1S/C25H31F2NO2/c1-2-3-15-4-8-20-16(10-15)5-6-17-11-18(7-9-21(17)20)25(29)30-19-12-23(26)22(14-28)24(27)13-19/h12-13,15-18,20-21H,2-11H2,1H3. The summed E-state index contributed by atoms with van der Waals surface area (Å²) in [6.45, 7) is 2.28. The third-order valence-electron chi connectivity index (χ3n) is 8.03. The molecular formula is C25H31F2NO2. The maximum Gasteiger partial charge on any atom is 0.314 e. The van der Waals surface area contributed by atoms with E-state index >= 15 is 0 Å². The molecule has 3 fully saturated rings. The summed E-state index contributed by atoms with van der Waals surface area (Å²) in [5, 5.41) is 8.77. The van der Waals surface area contributed by atoms with Gasteiger partial charge in [0.05, 0.1) is 5.92 Å². The second kappa shape index (κ2) is 9.04. The molecule has 0 aliphatic heterocycles. The number of hydrogen-bond donors (Lipinski definition) is 0. The van der Waals surface area contributed by atoms with Crippen molar-refractivity contribution in [3.05, 3.63) is 29.3 Å². The zero-order valence-electron chi connectivity index (χ0n) is 17.7. The summed E-state index contributed by atoms with van der Waals surface area (Å²) in [6.07, 6.45) is 11.9. The monoisotopic (exact) mass is 415 g/mol. The Morgan fingerprint density at radius 1 is 1.03 bits per heavy atom. The van der Waals surface area contributed by atoms with E-state index in [4.69, 9.17) is 10.00 Å². The van der Waals surface area contributed by atoms with E-state index in [0.717, 1.165) is 55.1 Å². The van der Waals surface area contributed by atoms with Crippen LogP contribution in [0.2, 0.25) is 0 Å². The molecule has 4 rings (SSSR count). The molecule has 3 saturated carbocycles. The van der Waals surface area contributed by atoms with Gasteiger partial charge >= 0.3 is 5.97 Å². The Kier molecular flexibility index (Phi) is 6.41. The Labute approximate surface area is 177 Å². The fraction of sp³-hybridized carbons (Fsp3) is 0.680. The first kappa shape index (κ1) is 21.3. The second-order valence-electron chi connectivity index (χ2n) is 9.70. The van der Waals surface area contributed by atoms with E-state index in [1.807, 2.05) is 0 Å². The number of ether oxygens (including phenoxy) is 1. The Bertz CT molecular complexity index is 810. The Balaban J connectivity index is 1.36. The number of carbonyl (C=O) groups excluding carboxylic acids is 1. The van der Waals surface area contributed by atoms with Crippen LogP contribution in [0.25, 0.3) is 0 Å². The second-order valence-corrected chi connectivity index (χ2v) is 9.70. The lowest BCUT2D eigenvalue weighted by Crippen LogP contribution is -2.42. The summed E-state index contributed by atoms with van der Waals surface area (Å²) < 4.78 is 32.9. The highest BCUT2D eigenvalue weighted by molar-refractivity contribution is 5.75. The zero-order chi connectivity index (χ0) is 21.3. The van der Waals surface area contributed by atoms with Gasteiger partial charge in [-0.15, -0.1) is 0 Å². The number of halogens is 2. The van der Waals surface area contributed by atoms with Gasteiger partial charge in [-0.1, -0.05) is 26.2 Å². The predicted octanol–water partition coefficient (Wildman–Crippen LogP) is 6.40. The van der Waals surface area contributed by atoms with Gasteiger partial charge in [0, 0.05) is 12.1 Å². The number of hydrogen-bond acceptors (Lipinski definition) is 3. The van der Waals surface area contributed by atoms with Crippen LogP contribution in [-0.4, -0.2) is 5.97 Å². The molecule has 0 amide bonds. The van der Waals surface area contributed by atoms with Gasteiger partial charge in [-0.25, -0.2) is 8.78 Å². The van der Waals surface area contributed by atoms with E-state index in [1.54, 1.807) is 0 Å². The van der Waals surface area contributed by atoms with Gasteiger partial charge in [-0.05, 0) is 74.5 Å². The minimum Gasteiger partial charge on any atom is -0.426 e. The van der Waals surface area contributed by atoms with Crippen LogP contribution in [0.15, 0.2) is 12.1 Å². The van der Waals surface area contributed by atoms with E-state index in [2.05, 4.69) is 6.92 Å². The lowest BCUT2D eigenvalue weighted by atomic mass is 9.55. The molecule has 6 atom stereocenters.